The first-order valence-corrected chi connectivity index (χ1v) is 20.0. The third kappa shape index (κ3) is 8.47. The second-order valence-electron chi connectivity index (χ2n) is 16.9. The lowest BCUT2D eigenvalue weighted by atomic mass is 9.53. The number of hydrogen-bond acceptors (Lipinski definition) is 7. The summed E-state index contributed by atoms with van der Waals surface area (Å²) >= 11 is 0. The van der Waals surface area contributed by atoms with Crippen LogP contribution in [0.1, 0.15) is 91.8 Å². The number of ether oxygens (including phenoxy) is 2. The summed E-state index contributed by atoms with van der Waals surface area (Å²) in [5, 5.41) is 37.2. The van der Waals surface area contributed by atoms with Crippen LogP contribution in [0.15, 0.2) is 97.1 Å². The molecule has 0 radical (unpaired) electrons. The molecule has 9 rings (SSSR count). The average molecular weight is 746 g/mol. The summed E-state index contributed by atoms with van der Waals surface area (Å²) in [5.41, 5.74) is 6.53. The Kier molecular flexibility index (Phi) is 11.0. The van der Waals surface area contributed by atoms with Gasteiger partial charge in [0.05, 0.1) is 24.9 Å². The van der Waals surface area contributed by atoms with Crippen molar-refractivity contribution in [2.45, 2.75) is 88.7 Å². The smallest absolute Gasteiger partial charge is 0.315 e. The topological polar surface area (TPSA) is 124 Å². The fourth-order valence-electron chi connectivity index (χ4n) is 10.3. The quantitative estimate of drug-likeness (QED) is 0.100. The van der Waals surface area contributed by atoms with Crippen molar-refractivity contribution < 1.29 is 29.6 Å². The molecule has 55 heavy (non-hydrogen) atoms. The number of hydrogen-bond donors (Lipinski definition) is 5. The number of phenols is 1. The van der Waals surface area contributed by atoms with E-state index in [0.29, 0.717) is 25.2 Å². The van der Waals surface area contributed by atoms with Gasteiger partial charge in [-0.15, -0.1) is 0 Å². The van der Waals surface area contributed by atoms with Gasteiger partial charge in [0.1, 0.15) is 5.75 Å². The van der Waals surface area contributed by atoms with Crippen LogP contribution < -0.4 is 10.6 Å². The molecule has 5 atom stereocenters. The van der Waals surface area contributed by atoms with Crippen LogP contribution in [0.3, 0.4) is 0 Å². The zero-order chi connectivity index (χ0) is 38.1. The number of urea groups is 1. The largest absolute Gasteiger partial charge is 0.508 e. The minimum atomic E-state index is -0.772. The minimum Gasteiger partial charge on any atom is -0.508 e. The maximum Gasteiger partial charge on any atom is 0.315 e. The molecule has 4 saturated carbocycles. The molecule has 290 valence electrons. The molecule has 5 aliphatic rings. The molecule has 4 aliphatic carbocycles. The van der Waals surface area contributed by atoms with Gasteiger partial charge in [0.25, 0.3) is 0 Å². The first-order valence-electron chi connectivity index (χ1n) is 20.0. The Morgan fingerprint density at radius 3 is 2.22 bits per heavy atom. The van der Waals surface area contributed by atoms with Crippen LogP contribution in [0, 0.1) is 23.7 Å². The highest BCUT2D eigenvalue weighted by molar-refractivity contribution is 5.76. The zero-order valence-corrected chi connectivity index (χ0v) is 31.9. The Morgan fingerprint density at radius 2 is 1.55 bits per heavy atom. The molecule has 0 aromatic heterocycles. The van der Waals surface area contributed by atoms with Crippen molar-refractivity contribution in [3.05, 3.63) is 125 Å². The van der Waals surface area contributed by atoms with Crippen molar-refractivity contribution in [2.24, 2.45) is 23.7 Å². The van der Waals surface area contributed by atoms with E-state index in [2.05, 4.69) is 58.9 Å². The van der Waals surface area contributed by atoms with E-state index in [-0.39, 0.29) is 42.1 Å². The molecule has 4 aromatic carbocycles. The minimum absolute atomic E-state index is 0.0182. The van der Waals surface area contributed by atoms with E-state index >= 15 is 0 Å². The van der Waals surface area contributed by atoms with E-state index in [1.165, 1.54) is 19.3 Å². The molecule has 4 aromatic rings. The van der Waals surface area contributed by atoms with Crippen molar-refractivity contribution in [1.29, 1.82) is 0 Å². The number of benzene rings is 4. The van der Waals surface area contributed by atoms with Crippen LogP contribution >= 0.6 is 0 Å². The van der Waals surface area contributed by atoms with Gasteiger partial charge in [-0.2, -0.15) is 0 Å². The fraction of sp³-hybridized carbons (Fsp3) is 0.457. The summed E-state index contributed by atoms with van der Waals surface area (Å²) in [7, 11) is 1.96. The van der Waals surface area contributed by atoms with Crippen molar-refractivity contribution in [3.8, 4) is 16.9 Å². The third-order valence-electron chi connectivity index (χ3n) is 12.7. The van der Waals surface area contributed by atoms with Crippen molar-refractivity contribution in [1.82, 2.24) is 15.5 Å². The number of aromatic hydroxyl groups is 1. The lowest BCUT2D eigenvalue weighted by molar-refractivity contribution is -0.276. The van der Waals surface area contributed by atoms with Gasteiger partial charge < -0.3 is 40.3 Å². The molecule has 9 nitrogen and oxygen atoms in total. The lowest BCUT2D eigenvalue weighted by Gasteiger charge is -2.56. The van der Waals surface area contributed by atoms with Crippen molar-refractivity contribution in [2.75, 3.05) is 20.1 Å². The molecular formula is C46H55N3O6. The van der Waals surface area contributed by atoms with Gasteiger partial charge in [0, 0.05) is 36.7 Å². The summed E-state index contributed by atoms with van der Waals surface area (Å²) in [6, 6.07) is 31.1. The SMILES string of the molecule is CC1C(CN(C)CC(O)c2cccc(O)c2)OC(c2ccc(-c3ccccc3CNC(=O)NC34CC5CC(CC(C5)C3)C4)cc2)OC1c1ccc(CO)cc1. The first kappa shape index (κ1) is 37.7. The van der Waals surface area contributed by atoms with E-state index in [9.17, 15) is 20.1 Å². The Morgan fingerprint density at radius 1 is 0.873 bits per heavy atom. The Bertz CT molecular complexity index is 1900. The number of nitrogens with one attached hydrogen (secondary N) is 2. The molecule has 5 fully saturated rings. The van der Waals surface area contributed by atoms with Crippen LogP contribution in [-0.4, -0.2) is 58.0 Å². The van der Waals surface area contributed by atoms with Crippen molar-refractivity contribution >= 4 is 6.03 Å². The van der Waals surface area contributed by atoms with E-state index in [4.69, 9.17) is 9.47 Å². The van der Waals surface area contributed by atoms with Crippen LogP contribution in [-0.2, 0) is 22.6 Å². The van der Waals surface area contributed by atoms with E-state index in [0.717, 1.165) is 70.4 Å². The van der Waals surface area contributed by atoms with Crippen LogP contribution in [0.4, 0.5) is 4.79 Å². The number of phenolic OH excluding ortho intramolecular Hbond substituents is 1. The summed E-state index contributed by atoms with van der Waals surface area (Å²) in [6.45, 7) is 3.46. The fourth-order valence-corrected chi connectivity index (χ4v) is 10.3. The molecule has 2 amide bonds. The second kappa shape index (κ2) is 16.1. The molecule has 5 unspecified atom stereocenters. The number of aliphatic hydroxyl groups is 2. The standard InChI is InChI=1S/C46H55N3O6/c1-29-42(27-49(2)26-41(52)37-7-5-8-39(51)21-37)54-44(55-43(29)35-12-10-30(28-50)11-13-35)36-16-14-34(15-17-36)40-9-4-3-6-38(40)25-47-45(53)48-46-22-31-18-32(23-46)20-33(19-31)24-46/h3-17,21,29,31-33,41-44,50-52H,18-20,22-28H2,1-2H3,(H2,47,48,53). The van der Waals surface area contributed by atoms with Gasteiger partial charge in [-0.1, -0.05) is 91.9 Å². The van der Waals surface area contributed by atoms with Gasteiger partial charge in [0.2, 0.25) is 0 Å². The van der Waals surface area contributed by atoms with Crippen LogP contribution in [0.25, 0.3) is 11.1 Å². The van der Waals surface area contributed by atoms with Gasteiger partial charge in [0.15, 0.2) is 6.29 Å². The highest BCUT2D eigenvalue weighted by Gasteiger charge is 2.51. The molecule has 0 spiro atoms. The average Bonchev–Trinajstić information content (AvgIpc) is 3.17. The number of rotatable bonds is 12. The van der Waals surface area contributed by atoms with Crippen LogP contribution in [0.5, 0.6) is 5.75 Å². The van der Waals surface area contributed by atoms with Crippen molar-refractivity contribution in [3.63, 3.8) is 0 Å². The number of aliphatic hydroxyl groups excluding tert-OH is 2. The summed E-state index contributed by atoms with van der Waals surface area (Å²) in [5.74, 6) is 2.43. The molecule has 4 bridgehead atoms. The first-order chi connectivity index (χ1) is 26.6. The molecule has 5 N–H and O–H groups in total. The number of amides is 2. The Hall–Kier alpha value is -4.25. The Balaban J connectivity index is 0.957. The maximum absolute atomic E-state index is 13.3. The van der Waals surface area contributed by atoms with Crippen LogP contribution in [0.2, 0.25) is 0 Å². The van der Waals surface area contributed by atoms with Gasteiger partial charge in [-0.25, -0.2) is 4.79 Å². The molecular weight excluding hydrogens is 691 g/mol. The molecule has 1 heterocycles. The highest BCUT2D eigenvalue weighted by atomic mass is 16.7. The zero-order valence-electron chi connectivity index (χ0n) is 31.9. The number of nitrogens with zero attached hydrogens (tertiary/aromatic N) is 1. The summed E-state index contributed by atoms with van der Waals surface area (Å²) in [6.07, 6.45) is 5.52. The van der Waals surface area contributed by atoms with E-state index < -0.39 is 12.4 Å². The monoisotopic (exact) mass is 745 g/mol. The molecule has 9 heteroatoms. The molecule has 1 aliphatic heterocycles. The number of carbonyl (C=O) groups excluding carboxylic acids is 1. The Labute approximate surface area is 324 Å². The maximum atomic E-state index is 13.3. The number of carbonyl (C=O) groups is 1. The normalized spacial score (nSPS) is 28.9. The van der Waals surface area contributed by atoms with Gasteiger partial charge in [-0.05, 0) is 109 Å². The highest BCUT2D eigenvalue weighted by Crippen LogP contribution is 2.55. The van der Waals surface area contributed by atoms with E-state index in [1.807, 2.05) is 49.5 Å². The number of likely N-dealkylation sites (N-methyl/N-ethyl adjacent to an activating group) is 1. The summed E-state index contributed by atoms with van der Waals surface area (Å²) < 4.78 is 13.4. The third-order valence-corrected chi connectivity index (χ3v) is 12.7. The second-order valence-corrected chi connectivity index (χ2v) is 16.9. The predicted octanol–water partition coefficient (Wildman–Crippen LogP) is 7.78. The lowest BCUT2D eigenvalue weighted by Crippen LogP contribution is -2.61. The van der Waals surface area contributed by atoms with Gasteiger partial charge in [-0.3, -0.25) is 0 Å². The van der Waals surface area contributed by atoms with E-state index in [1.54, 1.807) is 18.2 Å². The predicted molar refractivity (Wildman–Crippen MR) is 212 cm³/mol. The summed E-state index contributed by atoms with van der Waals surface area (Å²) in [4.78, 5) is 15.3. The van der Waals surface area contributed by atoms with Gasteiger partial charge >= 0.3 is 6.03 Å². The molecule has 1 saturated heterocycles.